The number of hydrogen-bond donors (Lipinski definition) is 0. The van der Waals surface area contributed by atoms with E-state index in [1.54, 1.807) is 60.7 Å². The number of benzene rings is 2. The Bertz CT molecular complexity index is 473. The number of rotatable bonds is 4. The fourth-order valence-corrected chi connectivity index (χ4v) is 2.04. The van der Waals surface area contributed by atoms with E-state index in [2.05, 4.69) is 0 Å². The molecule has 0 atom stereocenters. The molecule has 0 aromatic heterocycles. The SMILES string of the molecule is O=P([O-])(Oc1ccccc1)Oc1ccccc1.[Na+]. The molecule has 18 heavy (non-hydrogen) atoms. The van der Waals surface area contributed by atoms with Crippen LogP contribution in [0.4, 0.5) is 0 Å². The molecule has 2 aromatic rings. The van der Waals surface area contributed by atoms with E-state index in [0.29, 0.717) is 0 Å². The summed E-state index contributed by atoms with van der Waals surface area (Å²) in [5.74, 6) is 0.448. The Kier molecular flexibility index (Phi) is 5.93. The summed E-state index contributed by atoms with van der Waals surface area (Å²) in [5.41, 5.74) is 0. The minimum atomic E-state index is -4.39. The first-order valence-corrected chi connectivity index (χ1v) is 6.42. The zero-order chi connectivity index (χ0) is 12.1. The topological polar surface area (TPSA) is 58.6 Å². The summed E-state index contributed by atoms with van der Waals surface area (Å²) in [6.07, 6.45) is 0. The second-order valence-electron chi connectivity index (χ2n) is 3.26. The Balaban J connectivity index is 0.00000162. The van der Waals surface area contributed by atoms with Gasteiger partial charge in [0.15, 0.2) is 0 Å². The van der Waals surface area contributed by atoms with Gasteiger partial charge < -0.3 is 13.9 Å². The predicted molar refractivity (Wildman–Crippen MR) is 61.7 cm³/mol. The molecule has 0 spiro atoms. The van der Waals surface area contributed by atoms with E-state index in [-0.39, 0.29) is 41.1 Å². The van der Waals surface area contributed by atoms with E-state index in [9.17, 15) is 9.46 Å². The van der Waals surface area contributed by atoms with Gasteiger partial charge in [0.05, 0.1) is 0 Å². The summed E-state index contributed by atoms with van der Waals surface area (Å²) >= 11 is 0. The smallest absolute Gasteiger partial charge is 0.736 e. The first kappa shape index (κ1) is 15.3. The molecule has 6 heteroatoms. The number of phosphoric ester groups is 1. The second kappa shape index (κ2) is 6.98. The fraction of sp³-hybridized carbons (Fsp3) is 0. The Labute approximate surface area is 127 Å². The van der Waals surface area contributed by atoms with Crippen molar-refractivity contribution in [1.29, 1.82) is 0 Å². The van der Waals surface area contributed by atoms with Gasteiger partial charge >= 0.3 is 37.4 Å². The van der Waals surface area contributed by atoms with Crippen molar-refractivity contribution in [1.82, 2.24) is 0 Å². The molecule has 2 aromatic carbocycles. The summed E-state index contributed by atoms with van der Waals surface area (Å²) in [5, 5.41) is 0. The van der Waals surface area contributed by atoms with Crippen molar-refractivity contribution in [3.63, 3.8) is 0 Å². The molecule has 0 N–H and O–H groups in total. The Morgan fingerprint density at radius 2 is 1.11 bits per heavy atom. The van der Waals surface area contributed by atoms with Crippen LogP contribution in [-0.2, 0) is 4.57 Å². The van der Waals surface area contributed by atoms with Gasteiger partial charge in [-0.05, 0) is 24.3 Å². The molecule has 0 bridgehead atoms. The summed E-state index contributed by atoms with van der Waals surface area (Å²) < 4.78 is 21.1. The van der Waals surface area contributed by atoms with Gasteiger partial charge in [0.1, 0.15) is 11.5 Å². The van der Waals surface area contributed by atoms with Crippen molar-refractivity contribution >= 4 is 7.82 Å². The zero-order valence-electron chi connectivity index (χ0n) is 9.85. The monoisotopic (exact) mass is 272 g/mol. The average molecular weight is 272 g/mol. The molecule has 0 aliphatic carbocycles. The van der Waals surface area contributed by atoms with E-state index >= 15 is 0 Å². The van der Waals surface area contributed by atoms with Crippen LogP contribution in [0.25, 0.3) is 0 Å². The maximum Gasteiger partial charge on any atom is 1.00 e. The molecule has 0 radical (unpaired) electrons. The van der Waals surface area contributed by atoms with Crippen molar-refractivity contribution in [2.45, 2.75) is 0 Å². The van der Waals surface area contributed by atoms with Crippen LogP contribution in [-0.4, -0.2) is 0 Å². The molecule has 4 nitrogen and oxygen atoms in total. The average Bonchev–Trinajstić information content (AvgIpc) is 2.30. The molecule has 88 valence electrons. The Morgan fingerprint density at radius 1 is 0.778 bits per heavy atom. The van der Waals surface area contributed by atoms with Crippen molar-refractivity contribution in [2.24, 2.45) is 0 Å². The second-order valence-corrected chi connectivity index (χ2v) is 4.52. The number of hydrogen-bond acceptors (Lipinski definition) is 4. The first-order chi connectivity index (χ1) is 8.16. The van der Waals surface area contributed by atoms with Crippen LogP contribution in [0.15, 0.2) is 60.7 Å². The Morgan fingerprint density at radius 3 is 1.44 bits per heavy atom. The van der Waals surface area contributed by atoms with Gasteiger partial charge in [-0.3, -0.25) is 0 Å². The molecule has 0 unspecified atom stereocenters. The van der Waals surface area contributed by atoms with Crippen LogP contribution < -0.4 is 43.5 Å². The van der Waals surface area contributed by atoms with Crippen molar-refractivity contribution in [2.75, 3.05) is 0 Å². The van der Waals surface area contributed by atoms with Crippen LogP contribution >= 0.6 is 7.82 Å². The summed E-state index contributed by atoms with van der Waals surface area (Å²) in [7, 11) is -4.39. The molecule has 0 saturated heterocycles. The van der Waals surface area contributed by atoms with Crippen LogP contribution in [0.2, 0.25) is 0 Å². The van der Waals surface area contributed by atoms with Crippen molar-refractivity contribution in [3.8, 4) is 11.5 Å². The van der Waals surface area contributed by atoms with Gasteiger partial charge in [0.2, 0.25) is 0 Å². The van der Waals surface area contributed by atoms with Gasteiger partial charge in [0.25, 0.3) is 0 Å². The summed E-state index contributed by atoms with van der Waals surface area (Å²) in [6.45, 7) is 0. The van der Waals surface area contributed by atoms with Crippen molar-refractivity contribution < 1.29 is 48.1 Å². The molecule has 0 amide bonds. The standard InChI is InChI=1S/C12H11O4P.Na/c13-17(14,15-11-7-3-1-4-8-11)16-12-9-5-2-6-10-12;/h1-10H,(H,13,14);/q;+1/p-1. The first-order valence-electron chi connectivity index (χ1n) is 4.96. The van der Waals surface area contributed by atoms with Crippen LogP contribution in [0, 0.1) is 0 Å². The van der Waals surface area contributed by atoms with Crippen LogP contribution in [0.5, 0.6) is 11.5 Å². The maximum atomic E-state index is 11.6. The van der Waals surface area contributed by atoms with Crippen LogP contribution in [0.1, 0.15) is 0 Å². The van der Waals surface area contributed by atoms with Gasteiger partial charge in [-0.25, -0.2) is 4.57 Å². The van der Waals surface area contributed by atoms with Gasteiger partial charge in [-0.2, -0.15) is 0 Å². The molecular formula is C12H10NaO4P. The quantitative estimate of drug-likeness (QED) is 0.562. The molecule has 2 rings (SSSR count). The predicted octanol–water partition coefficient (Wildman–Crippen LogP) is -0.383. The number of phosphoric acid groups is 1. The maximum absolute atomic E-state index is 11.6. The van der Waals surface area contributed by atoms with E-state index in [4.69, 9.17) is 9.05 Å². The minimum Gasteiger partial charge on any atom is -0.736 e. The summed E-state index contributed by atoms with van der Waals surface area (Å²) in [6, 6.07) is 16.4. The van der Waals surface area contributed by atoms with Gasteiger partial charge in [0, 0.05) is 0 Å². The molecular weight excluding hydrogens is 262 g/mol. The van der Waals surface area contributed by atoms with E-state index in [1.807, 2.05) is 0 Å². The Hall–Kier alpha value is -0.770. The molecule has 0 aliphatic rings. The third-order valence-electron chi connectivity index (χ3n) is 1.92. The number of para-hydroxylation sites is 2. The van der Waals surface area contributed by atoms with Gasteiger partial charge in [-0.1, -0.05) is 36.4 Å². The summed E-state index contributed by atoms with van der Waals surface area (Å²) in [4.78, 5) is 11.6. The third kappa shape index (κ3) is 4.84. The van der Waals surface area contributed by atoms with E-state index in [1.165, 1.54) is 0 Å². The van der Waals surface area contributed by atoms with Crippen molar-refractivity contribution in [3.05, 3.63) is 60.7 Å². The molecule has 0 fully saturated rings. The third-order valence-corrected chi connectivity index (χ3v) is 2.79. The largest absolute Gasteiger partial charge is 1.00 e. The zero-order valence-corrected chi connectivity index (χ0v) is 12.7. The van der Waals surface area contributed by atoms with E-state index in [0.717, 1.165) is 0 Å². The molecule has 0 aliphatic heterocycles. The normalized spacial score (nSPS) is 10.3. The van der Waals surface area contributed by atoms with Gasteiger partial charge in [-0.15, -0.1) is 0 Å². The molecule has 0 saturated carbocycles. The minimum absolute atomic E-state index is 0. The van der Waals surface area contributed by atoms with E-state index < -0.39 is 7.82 Å². The molecule has 0 heterocycles. The fourth-order valence-electron chi connectivity index (χ4n) is 1.24. The van der Waals surface area contributed by atoms with Crippen LogP contribution in [0.3, 0.4) is 0 Å².